The fraction of sp³-hybridized carbons (Fsp3) is 0.100. The van der Waals surface area contributed by atoms with E-state index in [1.807, 2.05) is 10.9 Å². The van der Waals surface area contributed by atoms with Crippen LogP contribution in [0.2, 0.25) is 0 Å². The van der Waals surface area contributed by atoms with Crippen LogP contribution in [0.5, 0.6) is 0 Å². The summed E-state index contributed by atoms with van der Waals surface area (Å²) in [5.41, 5.74) is 3.86. The lowest BCUT2D eigenvalue weighted by atomic mass is 10.2. The monoisotopic (exact) mass is 251 g/mol. The molecule has 0 saturated heterocycles. The smallest absolute Gasteiger partial charge is 0.289 e. The molecule has 0 radical (unpaired) electrons. The topological polar surface area (TPSA) is 118 Å². The Morgan fingerprint density at radius 3 is 2.11 bits per heavy atom. The first kappa shape index (κ1) is 13.3. The van der Waals surface area contributed by atoms with Crippen molar-refractivity contribution in [2.24, 2.45) is 0 Å². The van der Waals surface area contributed by atoms with Gasteiger partial charge in [-0.1, -0.05) is 0 Å². The standard InChI is InChI=1S/C10H9N3O5/c1-6(14)9(15)11-12-10(16)7-2-4-8(5-3-7)13(17)18/h2-5H,1H3,(H,11,15)(H,12,16). The van der Waals surface area contributed by atoms with Crippen molar-refractivity contribution in [1.29, 1.82) is 0 Å². The number of Topliss-reactive ketones (excluding diaryl/α,β-unsaturated/α-hetero) is 1. The molecule has 0 aliphatic heterocycles. The van der Waals surface area contributed by atoms with Gasteiger partial charge in [-0.25, -0.2) is 0 Å². The minimum atomic E-state index is -0.953. The maximum absolute atomic E-state index is 11.4. The van der Waals surface area contributed by atoms with Gasteiger partial charge in [-0.15, -0.1) is 0 Å². The van der Waals surface area contributed by atoms with Crippen LogP contribution in [0, 0.1) is 10.1 Å². The molecular weight excluding hydrogens is 242 g/mol. The molecule has 0 spiro atoms. The van der Waals surface area contributed by atoms with Crippen LogP contribution in [-0.4, -0.2) is 22.5 Å². The van der Waals surface area contributed by atoms with Gasteiger partial charge in [0.25, 0.3) is 11.6 Å². The second kappa shape index (κ2) is 5.53. The normalized spacial score (nSPS) is 9.39. The van der Waals surface area contributed by atoms with E-state index in [0.717, 1.165) is 19.1 Å². The summed E-state index contributed by atoms with van der Waals surface area (Å²) in [7, 11) is 0. The summed E-state index contributed by atoms with van der Waals surface area (Å²) in [5.74, 6) is -2.39. The lowest BCUT2D eigenvalue weighted by Gasteiger charge is -2.05. The first-order chi connectivity index (χ1) is 8.41. The van der Waals surface area contributed by atoms with Gasteiger partial charge in [0, 0.05) is 24.6 Å². The number of hydrogen-bond acceptors (Lipinski definition) is 5. The summed E-state index contributed by atoms with van der Waals surface area (Å²) in [6, 6.07) is 4.77. The summed E-state index contributed by atoms with van der Waals surface area (Å²) in [5, 5.41) is 10.4. The number of hydrazine groups is 1. The van der Waals surface area contributed by atoms with E-state index in [4.69, 9.17) is 0 Å². The molecule has 2 amide bonds. The number of benzene rings is 1. The first-order valence-corrected chi connectivity index (χ1v) is 4.77. The number of nitro groups is 1. The van der Waals surface area contributed by atoms with E-state index in [2.05, 4.69) is 0 Å². The maximum atomic E-state index is 11.4. The molecule has 94 valence electrons. The highest BCUT2D eigenvalue weighted by molar-refractivity contribution is 6.35. The maximum Gasteiger partial charge on any atom is 0.305 e. The molecule has 8 nitrogen and oxygen atoms in total. The molecule has 0 saturated carbocycles. The molecule has 2 N–H and O–H groups in total. The fourth-order valence-electron chi connectivity index (χ4n) is 1.01. The lowest BCUT2D eigenvalue weighted by molar-refractivity contribution is -0.384. The fourth-order valence-corrected chi connectivity index (χ4v) is 1.01. The number of nitro benzene ring substituents is 1. The summed E-state index contributed by atoms with van der Waals surface area (Å²) < 4.78 is 0. The Hall–Kier alpha value is -2.77. The molecule has 1 aromatic carbocycles. The highest BCUT2D eigenvalue weighted by Crippen LogP contribution is 2.11. The Bertz CT molecular complexity index is 509. The van der Waals surface area contributed by atoms with E-state index >= 15 is 0 Å². The minimum absolute atomic E-state index is 0.115. The number of hydrogen-bond donors (Lipinski definition) is 2. The van der Waals surface area contributed by atoms with Crippen LogP contribution in [0.25, 0.3) is 0 Å². The SMILES string of the molecule is CC(=O)C(=O)NNC(=O)c1ccc([N+](=O)[O-])cc1. The molecule has 0 bridgehead atoms. The predicted molar refractivity (Wildman–Crippen MR) is 59.4 cm³/mol. The van der Waals surface area contributed by atoms with Gasteiger partial charge in [0.15, 0.2) is 0 Å². The number of nitrogens with one attached hydrogen (secondary N) is 2. The molecule has 0 aliphatic rings. The van der Waals surface area contributed by atoms with Crippen molar-refractivity contribution in [3.63, 3.8) is 0 Å². The number of carbonyl (C=O) groups excluding carboxylic acids is 3. The zero-order valence-corrected chi connectivity index (χ0v) is 9.30. The third-order valence-corrected chi connectivity index (χ3v) is 1.95. The number of non-ortho nitro benzene ring substituents is 1. The van der Waals surface area contributed by atoms with Crippen LogP contribution in [0.4, 0.5) is 5.69 Å². The van der Waals surface area contributed by atoms with Crippen molar-refractivity contribution in [2.75, 3.05) is 0 Å². The van der Waals surface area contributed by atoms with Crippen molar-refractivity contribution in [3.8, 4) is 0 Å². The third-order valence-electron chi connectivity index (χ3n) is 1.95. The van der Waals surface area contributed by atoms with Gasteiger partial charge >= 0.3 is 5.91 Å². The molecule has 8 heteroatoms. The number of rotatable bonds is 3. The van der Waals surface area contributed by atoms with E-state index < -0.39 is 22.5 Å². The molecule has 0 unspecified atom stereocenters. The van der Waals surface area contributed by atoms with Crippen molar-refractivity contribution < 1.29 is 19.3 Å². The van der Waals surface area contributed by atoms with Crippen LogP contribution >= 0.6 is 0 Å². The van der Waals surface area contributed by atoms with Gasteiger partial charge in [0.2, 0.25) is 5.78 Å². The summed E-state index contributed by atoms with van der Waals surface area (Å²) in [6.07, 6.45) is 0. The van der Waals surface area contributed by atoms with Crippen LogP contribution < -0.4 is 10.9 Å². The average Bonchev–Trinajstić information content (AvgIpc) is 2.35. The van der Waals surface area contributed by atoms with E-state index in [1.54, 1.807) is 0 Å². The van der Waals surface area contributed by atoms with Gasteiger partial charge in [0.1, 0.15) is 0 Å². The van der Waals surface area contributed by atoms with Crippen molar-refractivity contribution in [3.05, 3.63) is 39.9 Å². The van der Waals surface area contributed by atoms with E-state index in [1.165, 1.54) is 12.1 Å². The molecule has 0 atom stereocenters. The van der Waals surface area contributed by atoms with Gasteiger partial charge < -0.3 is 0 Å². The third kappa shape index (κ3) is 3.37. The summed E-state index contributed by atoms with van der Waals surface area (Å²) in [4.78, 5) is 42.7. The Kier molecular flexibility index (Phi) is 4.08. The summed E-state index contributed by atoms with van der Waals surface area (Å²) in [6.45, 7) is 1.05. The highest BCUT2D eigenvalue weighted by atomic mass is 16.6. The Balaban J connectivity index is 2.65. The zero-order chi connectivity index (χ0) is 13.7. The lowest BCUT2D eigenvalue weighted by Crippen LogP contribution is -2.44. The second-order valence-electron chi connectivity index (χ2n) is 3.27. The molecule has 18 heavy (non-hydrogen) atoms. The van der Waals surface area contributed by atoms with Crippen LogP contribution in [0.15, 0.2) is 24.3 Å². The molecule has 1 aromatic rings. The molecule has 0 aromatic heterocycles. The van der Waals surface area contributed by atoms with E-state index in [0.29, 0.717) is 0 Å². The first-order valence-electron chi connectivity index (χ1n) is 4.77. The van der Waals surface area contributed by atoms with E-state index in [-0.39, 0.29) is 11.3 Å². The molecule has 1 rings (SSSR count). The largest absolute Gasteiger partial charge is 0.305 e. The molecule has 0 fully saturated rings. The van der Waals surface area contributed by atoms with Gasteiger partial charge in [-0.3, -0.25) is 35.3 Å². The van der Waals surface area contributed by atoms with Crippen LogP contribution in [0.1, 0.15) is 17.3 Å². The predicted octanol–water partition coefficient (Wildman–Crippen LogP) is -0.0552. The average molecular weight is 251 g/mol. The minimum Gasteiger partial charge on any atom is -0.289 e. The van der Waals surface area contributed by atoms with E-state index in [9.17, 15) is 24.5 Å². The number of nitrogens with zero attached hydrogens (tertiary/aromatic N) is 1. The Morgan fingerprint density at radius 2 is 1.67 bits per heavy atom. The van der Waals surface area contributed by atoms with Crippen LogP contribution in [-0.2, 0) is 9.59 Å². The number of carbonyl (C=O) groups is 3. The molecule has 0 heterocycles. The number of amides is 2. The van der Waals surface area contributed by atoms with Gasteiger partial charge in [-0.05, 0) is 12.1 Å². The van der Waals surface area contributed by atoms with Gasteiger partial charge in [0.05, 0.1) is 4.92 Å². The quantitative estimate of drug-likeness (QED) is 0.443. The van der Waals surface area contributed by atoms with Crippen molar-refractivity contribution >= 4 is 23.3 Å². The molecular formula is C10H9N3O5. The zero-order valence-electron chi connectivity index (χ0n) is 9.30. The number of ketones is 1. The Morgan fingerprint density at radius 1 is 1.11 bits per heavy atom. The van der Waals surface area contributed by atoms with Crippen molar-refractivity contribution in [2.45, 2.75) is 6.92 Å². The van der Waals surface area contributed by atoms with Crippen molar-refractivity contribution in [1.82, 2.24) is 10.9 Å². The highest BCUT2D eigenvalue weighted by Gasteiger charge is 2.11. The molecule has 0 aliphatic carbocycles. The summed E-state index contributed by atoms with van der Waals surface area (Å²) >= 11 is 0. The van der Waals surface area contributed by atoms with Crippen LogP contribution in [0.3, 0.4) is 0 Å². The van der Waals surface area contributed by atoms with Gasteiger partial charge in [-0.2, -0.15) is 0 Å². The second-order valence-corrected chi connectivity index (χ2v) is 3.27. The Labute approximate surface area is 101 Å².